The smallest absolute Gasteiger partial charge is 0.214 e. The number of ether oxygens (including phenoxy) is 1. The van der Waals surface area contributed by atoms with Gasteiger partial charge < -0.3 is 4.74 Å². The molecule has 5 nitrogen and oxygen atoms in total. The standard InChI is InChI=1S/C18H13ClF3NO4S/c1-9-6-13(20)18(16(22)15(9)21)28(25,26)14(8-23)17(24)10(2)27-12-5-3-4-11(19)7-12/h3-7,10,14H,1-2H3. The lowest BCUT2D eigenvalue weighted by molar-refractivity contribution is -0.123. The molecule has 2 aromatic carbocycles. The zero-order valence-electron chi connectivity index (χ0n) is 14.5. The first-order valence-electron chi connectivity index (χ1n) is 7.74. The molecule has 0 fully saturated rings. The number of sulfone groups is 1. The molecule has 0 saturated carbocycles. The van der Waals surface area contributed by atoms with Gasteiger partial charge in [0, 0.05) is 5.02 Å². The van der Waals surface area contributed by atoms with Crippen molar-refractivity contribution in [2.24, 2.45) is 0 Å². The fourth-order valence-corrected chi connectivity index (χ4v) is 4.10. The van der Waals surface area contributed by atoms with E-state index < -0.39 is 54.9 Å². The molecule has 0 saturated heterocycles. The number of carbonyl (C=O) groups excluding carboxylic acids is 1. The molecule has 10 heteroatoms. The predicted octanol–water partition coefficient (Wildman–Crippen LogP) is 3.77. The summed E-state index contributed by atoms with van der Waals surface area (Å²) < 4.78 is 72.3. The van der Waals surface area contributed by atoms with Crippen molar-refractivity contribution in [1.82, 2.24) is 0 Å². The second-order valence-electron chi connectivity index (χ2n) is 5.81. The van der Waals surface area contributed by atoms with Gasteiger partial charge in [0.05, 0.1) is 6.07 Å². The minimum Gasteiger partial charge on any atom is -0.483 e. The number of carbonyl (C=O) groups is 1. The Morgan fingerprint density at radius 3 is 2.43 bits per heavy atom. The van der Waals surface area contributed by atoms with Gasteiger partial charge in [-0.3, -0.25) is 4.79 Å². The van der Waals surface area contributed by atoms with Crippen molar-refractivity contribution in [3.63, 3.8) is 0 Å². The molecule has 0 aliphatic heterocycles. The number of hydrogen-bond donors (Lipinski definition) is 0. The van der Waals surface area contributed by atoms with Crippen LogP contribution in [0.15, 0.2) is 35.2 Å². The van der Waals surface area contributed by atoms with Crippen LogP contribution in [0.25, 0.3) is 0 Å². The zero-order valence-corrected chi connectivity index (χ0v) is 16.1. The Labute approximate surface area is 164 Å². The van der Waals surface area contributed by atoms with Crippen LogP contribution in [0.1, 0.15) is 12.5 Å². The maximum atomic E-state index is 14.1. The van der Waals surface area contributed by atoms with E-state index >= 15 is 0 Å². The molecule has 0 aromatic heterocycles. The molecular weight excluding hydrogens is 419 g/mol. The number of aryl methyl sites for hydroxylation is 1. The van der Waals surface area contributed by atoms with Crippen LogP contribution in [0.3, 0.4) is 0 Å². The molecule has 0 N–H and O–H groups in total. The Balaban J connectivity index is 2.42. The fourth-order valence-electron chi connectivity index (χ4n) is 2.38. The quantitative estimate of drug-likeness (QED) is 0.650. The normalized spacial score (nSPS) is 13.5. The van der Waals surface area contributed by atoms with E-state index in [1.165, 1.54) is 30.3 Å². The van der Waals surface area contributed by atoms with Gasteiger partial charge in [-0.2, -0.15) is 5.26 Å². The number of ketones is 1. The van der Waals surface area contributed by atoms with Gasteiger partial charge in [0.25, 0.3) is 0 Å². The second-order valence-corrected chi connectivity index (χ2v) is 8.21. The van der Waals surface area contributed by atoms with Crippen molar-refractivity contribution in [3.8, 4) is 11.8 Å². The van der Waals surface area contributed by atoms with E-state index in [1.807, 2.05) is 0 Å². The third-order valence-corrected chi connectivity index (χ3v) is 5.92. The Kier molecular flexibility index (Phi) is 6.37. The summed E-state index contributed by atoms with van der Waals surface area (Å²) >= 11 is 5.78. The van der Waals surface area contributed by atoms with E-state index in [0.29, 0.717) is 6.07 Å². The van der Waals surface area contributed by atoms with Gasteiger partial charge in [-0.1, -0.05) is 17.7 Å². The summed E-state index contributed by atoms with van der Waals surface area (Å²) in [6.45, 7) is 2.19. The van der Waals surface area contributed by atoms with E-state index in [9.17, 15) is 31.6 Å². The van der Waals surface area contributed by atoms with Crippen molar-refractivity contribution in [3.05, 3.63) is 58.4 Å². The summed E-state index contributed by atoms with van der Waals surface area (Å²) in [5.41, 5.74) is -0.466. The highest BCUT2D eigenvalue weighted by atomic mass is 35.5. The molecular formula is C18H13ClF3NO4S. The van der Waals surface area contributed by atoms with E-state index in [1.54, 1.807) is 0 Å². The van der Waals surface area contributed by atoms with Crippen LogP contribution in [0, 0.1) is 35.7 Å². The maximum absolute atomic E-state index is 14.1. The number of rotatable bonds is 6. The van der Waals surface area contributed by atoms with Gasteiger partial charge in [0.2, 0.25) is 20.9 Å². The van der Waals surface area contributed by atoms with Crippen molar-refractivity contribution in [2.45, 2.75) is 30.1 Å². The van der Waals surface area contributed by atoms with E-state index in [2.05, 4.69) is 0 Å². The highest BCUT2D eigenvalue weighted by molar-refractivity contribution is 7.93. The maximum Gasteiger partial charge on any atom is 0.214 e. The minimum atomic E-state index is -5.20. The lowest BCUT2D eigenvalue weighted by atomic mass is 10.2. The molecule has 2 aromatic rings. The van der Waals surface area contributed by atoms with Crippen LogP contribution in [0.4, 0.5) is 13.2 Å². The summed E-state index contributed by atoms with van der Waals surface area (Å²) in [4.78, 5) is 10.8. The van der Waals surface area contributed by atoms with E-state index in [-0.39, 0.29) is 10.8 Å². The minimum absolute atomic E-state index is 0.112. The van der Waals surface area contributed by atoms with Gasteiger partial charge in [0.1, 0.15) is 16.5 Å². The number of nitrogens with zero attached hydrogens (tertiary/aromatic N) is 1. The first-order valence-corrected chi connectivity index (χ1v) is 9.66. The third kappa shape index (κ3) is 4.13. The average Bonchev–Trinajstić information content (AvgIpc) is 2.59. The first kappa shape index (κ1) is 21.7. The summed E-state index contributed by atoms with van der Waals surface area (Å²) in [6.07, 6.45) is -1.47. The molecule has 2 unspecified atom stereocenters. The van der Waals surface area contributed by atoms with Gasteiger partial charge >= 0.3 is 0 Å². The fraction of sp³-hybridized carbons (Fsp3) is 0.222. The molecule has 2 rings (SSSR count). The number of nitriles is 1. The number of hydrogen-bond acceptors (Lipinski definition) is 5. The molecule has 0 amide bonds. The van der Waals surface area contributed by atoms with Crippen LogP contribution in [0.5, 0.6) is 5.75 Å². The van der Waals surface area contributed by atoms with Gasteiger partial charge in [-0.15, -0.1) is 0 Å². The first-order chi connectivity index (χ1) is 13.0. The molecule has 0 radical (unpaired) electrons. The molecule has 2 atom stereocenters. The van der Waals surface area contributed by atoms with Crippen LogP contribution in [-0.4, -0.2) is 25.6 Å². The number of benzene rings is 2. The summed E-state index contributed by atoms with van der Waals surface area (Å²) in [6, 6.07) is 7.49. The van der Waals surface area contributed by atoms with Gasteiger partial charge in [0.15, 0.2) is 17.7 Å². The largest absolute Gasteiger partial charge is 0.483 e. The van der Waals surface area contributed by atoms with Gasteiger partial charge in [-0.25, -0.2) is 21.6 Å². The monoisotopic (exact) mass is 431 g/mol. The van der Waals surface area contributed by atoms with Crippen LogP contribution < -0.4 is 4.74 Å². The molecule has 0 bridgehead atoms. The topological polar surface area (TPSA) is 84.2 Å². The van der Waals surface area contributed by atoms with Crippen molar-refractivity contribution >= 4 is 27.2 Å². The average molecular weight is 432 g/mol. The molecule has 0 aliphatic carbocycles. The lowest BCUT2D eigenvalue weighted by Crippen LogP contribution is -2.39. The van der Waals surface area contributed by atoms with Crippen molar-refractivity contribution in [2.75, 3.05) is 0 Å². The molecule has 0 spiro atoms. The highest BCUT2D eigenvalue weighted by Gasteiger charge is 2.41. The van der Waals surface area contributed by atoms with E-state index in [4.69, 9.17) is 16.3 Å². The van der Waals surface area contributed by atoms with Crippen molar-refractivity contribution < 1.29 is 31.1 Å². The van der Waals surface area contributed by atoms with Crippen LogP contribution >= 0.6 is 11.6 Å². The van der Waals surface area contributed by atoms with Crippen LogP contribution in [0.2, 0.25) is 5.02 Å². The molecule has 0 aliphatic rings. The Hall–Kier alpha value is -2.57. The highest BCUT2D eigenvalue weighted by Crippen LogP contribution is 2.28. The van der Waals surface area contributed by atoms with E-state index in [0.717, 1.165) is 13.8 Å². The van der Waals surface area contributed by atoms with Gasteiger partial charge in [-0.05, 0) is 43.7 Å². The Morgan fingerprint density at radius 2 is 1.86 bits per heavy atom. The summed E-state index contributed by atoms with van der Waals surface area (Å²) in [5, 5.41) is 6.96. The lowest BCUT2D eigenvalue weighted by Gasteiger charge is -2.18. The Morgan fingerprint density at radius 1 is 1.21 bits per heavy atom. The predicted molar refractivity (Wildman–Crippen MR) is 94.2 cm³/mol. The zero-order chi connectivity index (χ0) is 21.2. The third-order valence-electron chi connectivity index (χ3n) is 3.78. The van der Waals surface area contributed by atoms with Crippen molar-refractivity contribution in [1.29, 1.82) is 5.26 Å². The van der Waals surface area contributed by atoms with Crippen LogP contribution in [-0.2, 0) is 14.6 Å². The molecule has 28 heavy (non-hydrogen) atoms. The molecule has 0 heterocycles. The SMILES string of the molecule is Cc1cc(F)c(S(=O)(=O)C(C#N)C(=O)C(C)Oc2cccc(Cl)c2)c(F)c1F. The number of Topliss-reactive ketones (excluding diaryl/α,β-unsaturated/α-hetero) is 1. The number of halogens is 4. The summed E-state index contributed by atoms with van der Waals surface area (Å²) in [5.74, 6) is -6.35. The Bertz CT molecular complexity index is 1080. The molecule has 148 valence electrons. The second kappa shape index (κ2) is 8.20. The summed E-state index contributed by atoms with van der Waals surface area (Å²) in [7, 11) is -5.20.